The molecule has 148 valence electrons. The fraction of sp³-hybridized carbons (Fsp3) is 0.905. The lowest BCUT2D eigenvalue weighted by molar-refractivity contribution is -0.149. The van der Waals surface area contributed by atoms with Crippen LogP contribution < -0.4 is 0 Å². The van der Waals surface area contributed by atoms with Gasteiger partial charge in [0.1, 0.15) is 0 Å². The highest BCUT2D eigenvalue weighted by atomic mass is 16.5. The molecule has 4 heteroatoms. The van der Waals surface area contributed by atoms with Crippen molar-refractivity contribution in [3.63, 3.8) is 0 Å². The van der Waals surface area contributed by atoms with Crippen LogP contribution in [0.15, 0.2) is 0 Å². The largest absolute Gasteiger partial charge is 0.466 e. The van der Waals surface area contributed by atoms with E-state index in [-0.39, 0.29) is 18.0 Å². The van der Waals surface area contributed by atoms with Crippen molar-refractivity contribution in [3.05, 3.63) is 0 Å². The fourth-order valence-electron chi connectivity index (χ4n) is 2.85. The lowest BCUT2D eigenvalue weighted by Crippen LogP contribution is -2.16. The summed E-state index contributed by atoms with van der Waals surface area (Å²) in [6, 6.07) is 0. The zero-order valence-corrected chi connectivity index (χ0v) is 17.0. The molecular weight excluding hydrogens is 316 g/mol. The monoisotopic (exact) mass is 356 g/mol. The normalized spacial score (nSPS) is 12.2. The number of unbranched alkanes of at least 4 members (excludes halogenated alkanes) is 7. The van der Waals surface area contributed by atoms with E-state index in [1.165, 1.54) is 25.7 Å². The average molecular weight is 357 g/mol. The predicted octanol–water partition coefficient (Wildman–Crippen LogP) is 5.82. The van der Waals surface area contributed by atoms with E-state index in [2.05, 4.69) is 20.8 Å². The second-order valence-electron chi connectivity index (χ2n) is 7.48. The minimum Gasteiger partial charge on any atom is -0.466 e. The maximum absolute atomic E-state index is 11.7. The molecule has 0 fully saturated rings. The molecule has 0 aromatic carbocycles. The molecule has 0 aliphatic rings. The average Bonchev–Trinajstić information content (AvgIpc) is 2.52. The molecule has 4 nitrogen and oxygen atoms in total. The van der Waals surface area contributed by atoms with Crippen LogP contribution in [-0.4, -0.2) is 24.6 Å². The molecule has 0 saturated carbocycles. The molecule has 1 atom stereocenters. The van der Waals surface area contributed by atoms with Gasteiger partial charge in [0.2, 0.25) is 0 Å². The third kappa shape index (κ3) is 17.6. The Morgan fingerprint density at radius 3 is 1.96 bits per heavy atom. The molecule has 0 heterocycles. The summed E-state index contributed by atoms with van der Waals surface area (Å²) in [5, 5.41) is 0. The van der Waals surface area contributed by atoms with Crippen molar-refractivity contribution in [2.24, 2.45) is 5.92 Å². The number of esters is 2. The van der Waals surface area contributed by atoms with Crippen LogP contribution in [0.2, 0.25) is 0 Å². The maximum atomic E-state index is 11.7. The Morgan fingerprint density at radius 1 is 0.760 bits per heavy atom. The first-order chi connectivity index (χ1) is 12.0. The highest BCUT2D eigenvalue weighted by Gasteiger charge is 2.11. The molecule has 0 aromatic heterocycles. The number of hydrogen-bond donors (Lipinski definition) is 0. The molecule has 0 spiro atoms. The van der Waals surface area contributed by atoms with E-state index in [0.717, 1.165) is 38.5 Å². The third-order valence-corrected chi connectivity index (χ3v) is 4.16. The second kappa shape index (κ2) is 16.4. The summed E-state index contributed by atoms with van der Waals surface area (Å²) in [6.07, 6.45) is 11.4. The van der Waals surface area contributed by atoms with Crippen LogP contribution in [-0.2, 0) is 19.1 Å². The minimum absolute atomic E-state index is 0.00977. The van der Waals surface area contributed by atoms with Crippen molar-refractivity contribution in [2.75, 3.05) is 6.61 Å². The summed E-state index contributed by atoms with van der Waals surface area (Å²) in [4.78, 5) is 23.3. The minimum atomic E-state index is -0.126. The molecule has 0 aromatic rings. The van der Waals surface area contributed by atoms with E-state index in [4.69, 9.17) is 9.47 Å². The highest BCUT2D eigenvalue weighted by molar-refractivity contribution is 5.70. The van der Waals surface area contributed by atoms with Gasteiger partial charge >= 0.3 is 11.9 Å². The topological polar surface area (TPSA) is 52.6 Å². The van der Waals surface area contributed by atoms with Gasteiger partial charge in [-0.15, -0.1) is 0 Å². The number of carbonyl (C=O) groups excluding carboxylic acids is 2. The lowest BCUT2D eigenvalue weighted by atomic mass is 10.1. The van der Waals surface area contributed by atoms with Gasteiger partial charge in [-0.2, -0.15) is 0 Å². The van der Waals surface area contributed by atoms with E-state index < -0.39 is 0 Å². The fourth-order valence-corrected chi connectivity index (χ4v) is 2.85. The molecule has 0 bridgehead atoms. The van der Waals surface area contributed by atoms with Gasteiger partial charge in [-0.05, 0) is 38.5 Å². The Morgan fingerprint density at radius 2 is 1.32 bits per heavy atom. The Kier molecular flexibility index (Phi) is 15.7. The Hall–Kier alpha value is -1.06. The molecule has 0 saturated heterocycles. The summed E-state index contributed by atoms with van der Waals surface area (Å²) in [5.41, 5.74) is 0. The molecule has 0 aliphatic heterocycles. The first-order valence-corrected chi connectivity index (χ1v) is 10.3. The molecule has 0 rings (SSSR count). The second-order valence-corrected chi connectivity index (χ2v) is 7.48. The van der Waals surface area contributed by atoms with Crippen molar-refractivity contribution in [3.8, 4) is 0 Å². The van der Waals surface area contributed by atoms with Gasteiger partial charge in [-0.3, -0.25) is 9.59 Å². The molecule has 0 N–H and O–H groups in total. The third-order valence-electron chi connectivity index (χ3n) is 4.16. The lowest BCUT2D eigenvalue weighted by Gasteiger charge is -2.15. The SMILES string of the molecule is CCCCCCCCOC(=O)CCCCCC(=O)OC(C)CC(C)C. The first-order valence-electron chi connectivity index (χ1n) is 10.3. The van der Waals surface area contributed by atoms with Gasteiger partial charge in [0.15, 0.2) is 0 Å². The zero-order chi connectivity index (χ0) is 18.9. The van der Waals surface area contributed by atoms with Crippen molar-refractivity contribution in [1.82, 2.24) is 0 Å². The van der Waals surface area contributed by atoms with Gasteiger partial charge in [0, 0.05) is 12.8 Å². The standard InChI is InChI=1S/C21H40O4/c1-5-6-7-8-9-13-16-24-20(22)14-11-10-12-15-21(23)25-19(4)17-18(2)3/h18-19H,5-17H2,1-4H3. The van der Waals surface area contributed by atoms with Crippen LogP contribution >= 0.6 is 0 Å². The first kappa shape index (κ1) is 23.9. The summed E-state index contributed by atoms with van der Waals surface area (Å²) in [7, 11) is 0. The predicted molar refractivity (Wildman–Crippen MR) is 102 cm³/mol. The van der Waals surface area contributed by atoms with Gasteiger partial charge in [-0.25, -0.2) is 0 Å². The van der Waals surface area contributed by atoms with Crippen LogP contribution in [0.3, 0.4) is 0 Å². The number of rotatable bonds is 16. The smallest absolute Gasteiger partial charge is 0.306 e. The van der Waals surface area contributed by atoms with Gasteiger partial charge in [-0.1, -0.05) is 59.3 Å². The van der Waals surface area contributed by atoms with Crippen LogP contribution in [0.25, 0.3) is 0 Å². The molecule has 0 amide bonds. The summed E-state index contributed by atoms with van der Waals surface area (Å²) in [6.45, 7) is 8.94. The highest BCUT2D eigenvalue weighted by Crippen LogP contribution is 2.11. The van der Waals surface area contributed by atoms with E-state index in [1.54, 1.807) is 0 Å². The van der Waals surface area contributed by atoms with Crippen LogP contribution in [0.1, 0.15) is 105 Å². The van der Waals surface area contributed by atoms with Gasteiger partial charge < -0.3 is 9.47 Å². The molecule has 0 radical (unpaired) electrons. The van der Waals surface area contributed by atoms with Crippen molar-refractivity contribution >= 4 is 11.9 Å². The van der Waals surface area contributed by atoms with E-state index >= 15 is 0 Å². The summed E-state index contributed by atoms with van der Waals surface area (Å²) >= 11 is 0. The van der Waals surface area contributed by atoms with E-state index in [0.29, 0.717) is 25.4 Å². The Labute approximate surface area is 155 Å². The van der Waals surface area contributed by atoms with Crippen LogP contribution in [0.4, 0.5) is 0 Å². The number of carbonyl (C=O) groups is 2. The maximum Gasteiger partial charge on any atom is 0.306 e. The molecule has 0 aliphatic carbocycles. The van der Waals surface area contributed by atoms with Crippen LogP contribution in [0, 0.1) is 5.92 Å². The van der Waals surface area contributed by atoms with Gasteiger partial charge in [0.25, 0.3) is 0 Å². The van der Waals surface area contributed by atoms with Gasteiger partial charge in [0.05, 0.1) is 12.7 Å². The molecule has 25 heavy (non-hydrogen) atoms. The summed E-state index contributed by atoms with van der Waals surface area (Å²) in [5.74, 6) is 0.297. The quantitative estimate of drug-likeness (QED) is 0.258. The number of ether oxygens (including phenoxy) is 2. The molecule has 1 unspecified atom stereocenters. The van der Waals surface area contributed by atoms with Crippen molar-refractivity contribution in [2.45, 2.75) is 111 Å². The molecular formula is C21H40O4. The van der Waals surface area contributed by atoms with Crippen molar-refractivity contribution in [1.29, 1.82) is 0 Å². The van der Waals surface area contributed by atoms with E-state index in [9.17, 15) is 9.59 Å². The van der Waals surface area contributed by atoms with E-state index in [1.807, 2.05) is 6.92 Å². The number of hydrogen-bond acceptors (Lipinski definition) is 4. The van der Waals surface area contributed by atoms with Crippen molar-refractivity contribution < 1.29 is 19.1 Å². The van der Waals surface area contributed by atoms with Crippen LogP contribution in [0.5, 0.6) is 0 Å². The zero-order valence-electron chi connectivity index (χ0n) is 17.0. The Balaban J connectivity index is 3.43. The Bertz CT molecular complexity index is 339. The summed E-state index contributed by atoms with van der Waals surface area (Å²) < 4.78 is 10.6.